The highest BCUT2D eigenvalue weighted by Crippen LogP contribution is 2.09. The quantitative estimate of drug-likeness (QED) is 0.771. The average molecular weight is 306 g/mol. The van der Waals surface area contributed by atoms with E-state index in [0.717, 1.165) is 5.56 Å². The molecule has 0 radical (unpaired) electrons. The molecular weight excluding hydrogens is 286 g/mol. The number of nitrogens with one attached hydrogen (secondary N) is 2. The van der Waals surface area contributed by atoms with Gasteiger partial charge in [0.2, 0.25) is 10.0 Å². The van der Waals surface area contributed by atoms with Crippen LogP contribution >= 0.6 is 0 Å². The van der Waals surface area contributed by atoms with Gasteiger partial charge in [-0.3, -0.25) is 0 Å². The minimum Gasteiger partial charge on any atom is -0.310 e. The Labute approximate surface area is 118 Å². The molecule has 2 N–H and O–H groups in total. The van der Waals surface area contributed by atoms with Crippen molar-refractivity contribution in [1.82, 2.24) is 10.0 Å². The maximum Gasteiger partial charge on any atom is 0.251 e. The summed E-state index contributed by atoms with van der Waals surface area (Å²) in [7, 11) is -3.73. The molecule has 0 bridgehead atoms. The van der Waals surface area contributed by atoms with Crippen molar-refractivity contribution in [3.63, 3.8) is 0 Å². The first-order chi connectivity index (χ1) is 9.28. The summed E-state index contributed by atoms with van der Waals surface area (Å²) >= 11 is 0. The Kier molecular flexibility index (Phi) is 6.51. The van der Waals surface area contributed by atoms with Crippen molar-refractivity contribution in [3.8, 4) is 0 Å². The number of sulfonamides is 1. The molecule has 114 valence electrons. The van der Waals surface area contributed by atoms with Gasteiger partial charge in [-0.15, -0.1) is 0 Å². The lowest BCUT2D eigenvalue weighted by atomic mass is 10.1. The molecule has 0 aromatic heterocycles. The first kappa shape index (κ1) is 17.0. The molecule has 0 aliphatic carbocycles. The third-order valence-electron chi connectivity index (χ3n) is 2.52. The van der Waals surface area contributed by atoms with Crippen LogP contribution in [0.25, 0.3) is 0 Å². The standard InChI is InChI=1S/C13H20F2N2O2S/c1-10(2)16-7-11-4-3-5-12(6-11)9-20(18,19)17-8-13(14)15/h3-6,10,13,16-17H,7-9H2,1-2H3. The molecule has 7 heteroatoms. The van der Waals surface area contributed by atoms with E-state index in [-0.39, 0.29) is 5.75 Å². The highest BCUT2D eigenvalue weighted by Gasteiger charge is 2.14. The predicted molar refractivity (Wildman–Crippen MR) is 75.0 cm³/mol. The zero-order valence-corrected chi connectivity index (χ0v) is 12.4. The third-order valence-corrected chi connectivity index (χ3v) is 3.84. The molecule has 4 nitrogen and oxygen atoms in total. The Morgan fingerprint density at radius 2 is 1.85 bits per heavy atom. The van der Waals surface area contributed by atoms with Gasteiger partial charge in [0.1, 0.15) is 0 Å². The van der Waals surface area contributed by atoms with Gasteiger partial charge in [-0.1, -0.05) is 38.1 Å². The van der Waals surface area contributed by atoms with Gasteiger partial charge in [-0.05, 0) is 11.1 Å². The molecule has 0 heterocycles. The molecule has 0 amide bonds. The molecule has 0 saturated carbocycles. The van der Waals surface area contributed by atoms with Gasteiger partial charge >= 0.3 is 0 Å². The lowest BCUT2D eigenvalue weighted by Gasteiger charge is -2.10. The van der Waals surface area contributed by atoms with Crippen LogP contribution in [0.5, 0.6) is 0 Å². The number of benzene rings is 1. The van der Waals surface area contributed by atoms with Crippen LogP contribution in [-0.4, -0.2) is 27.4 Å². The Bertz CT molecular complexity index is 519. The van der Waals surface area contributed by atoms with Crippen molar-refractivity contribution < 1.29 is 17.2 Å². The van der Waals surface area contributed by atoms with Gasteiger partial charge in [0.25, 0.3) is 6.43 Å². The summed E-state index contributed by atoms with van der Waals surface area (Å²) in [4.78, 5) is 0. The second kappa shape index (κ2) is 7.66. The number of hydrogen-bond donors (Lipinski definition) is 2. The van der Waals surface area contributed by atoms with Gasteiger partial charge in [0.05, 0.1) is 12.3 Å². The molecule has 0 unspecified atom stereocenters. The highest BCUT2D eigenvalue weighted by molar-refractivity contribution is 7.88. The van der Waals surface area contributed by atoms with Gasteiger partial charge < -0.3 is 5.32 Å². The molecule has 0 fully saturated rings. The summed E-state index contributed by atoms with van der Waals surface area (Å²) in [5, 5.41) is 3.23. The zero-order valence-electron chi connectivity index (χ0n) is 11.6. The average Bonchev–Trinajstić information content (AvgIpc) is 2.34. The first-order valence-electron chi connectivity index (χ1n) is 6.35. The van der Waals surface area contributed by atoms with Gasteiger partial charge in [-0.25, -0.2) is 21.9 Å². The van der Waals surface area contributed by atoms with Crippen molar-refractivity contribution in [2.45, 2.75) is 38.6 Å². The molecule has 0 aliphatic rings. The Morgan fingerprint density at radius 3 is 2.45 bits per heavy atom. The topological polar surface area (TPSA) is 58.2 Å². The van der Waals surface area contributed by atoms with Crippen LogP contribution in [0.2, 0.25) is 0 Å². The summed E-state index contributed by atoms with van der Waals surface area (Å²) in [5.41, 5.74) is 1.54. The van der Waals surface area contributed by atoms with Crippen LogP contribution in [-0.2, 0) is 22.3 Å². The van der Waals surface area contributed by atoms with Gasteiger partial charge in [-0.2, -0.15) is 0 Å². The van der Waals surface area contributed by atoms with E-state index in [4.69, 9.17) is 0 Å². The molecular formula is C13H20F2N2O2S. The zero-order chi connectivity index (χ0) is 15.2. The molecule has 0 aliphatic heterocycles. The van der Waals surface area contributed by atoms with E-state index in [1.165, 1.54) is 0 Å². The fourth-order valence-corrected chi connectivity index (χ4v) is 2.71. The Morgan fingerprint density at radius 1 is 1.20 bits per heavy atom. The van der Waals surface area contributed by atoms with Gasteiger partial charge in [0, 0.05) is 12.6 Å². The summed E-state index contributed by atoms with van der Waals surface area (Å²) in [5.74, 6) is -0.296. The molecule has 1 rings (SSSR count). The van der Waals surface area contributed by atoms with Crippen LogP contribution in [0.4, 0.5) is 8.78 Å². The second-order valence-electron chi connectivity index (χ2n) is 4.85. The van der Waals surface area contributed by atoms with Gasteiger partial charge in [0.15, 0.2) is 0 Å². The minimum absolute atomic E-state index is 0.296. The van der Waals surface area contributed by atoms with Crippen LogP contribution in [0.3, 0.4) is 0 Å². The molecule has 1 aromatic rings. The Balaban J connectivity index is 2.65. The van der Waals surface area contributed by atoms with Crippen molar-refractivity contribution >= 4 is 10.0 Å². The van der Waals surface area contributed by atoms with E-state index >= 15 is 0 Å². The number of rotatable bonds is 8. The van der Waals surface area contributed by atoms with E-state index in [1.54, 1.807) is 18.2 Å². The molecule has 0 saturated heterocycles. The van der Waals surface area contributed by atoms with E-state index in [1.807, 2.05) is 24.6 Å². The lowest BCUT2D eigenvalue weighted by molar-refractivity contribution is 0.153. The highest BCUT2D eigenvalue weighted by atomic mass is 32.2. The lowest BCUT2D eigenvalue weighted by Crippen LogP contribution is -2.29. The number of hydrogen-bond acceptors (Lipinski definition) is 3. The Hall–Kier alpha value is -1.05. The predicted octanol–water partition coefficient (Wildman–Crippen LogP) is 1.87. The maximum absolute atomic E-state index is 12.0. The van der Waals surface area contributed by atoms with Crippen LogP contribution in [0, 0.1) is 0 Å². The fraction of sp³-hybridized carbons (Fsp3) is 0.538. The molecule has 20 heavy (non-hydrogen) atoms. The third kappa shape index (κ3) is 6.93. The fourth-order valence-electron chi connectivity index (χ4n) is 1.61. The maximum atomic E-state index is 12.0. The molecule has 1 aromatic carbocycles. The van der Waals surface area contributed by atoms with Crippen molar-refractivity contribution in [2.24, 2.45) is 0 Å². The summed E-state index contributed by atoms with van der Waals surface area (Å²) < 4.78 is 49.1. The second-order valence-corrected chi connectivity index (χ2v) is 6.66. The number of halogens is 2. The van der Waals surface area contributed by atoms with Crippen LogP contribution in [0.15, 0.2) is 24.3 Å². The van der Waals surface area contributed by atoms with E-state index in [2.05, 4.69) is 5.32 Å². The van der Waals surface area contributed by atoms with Crippen molar-refractivity contribution in [1.29, 1.82) is 0 Å². The first-order valence-corrected chi connectivity index (χ1v) is 8.00. The largest absolute Gasteiger partial charge is 0.310 e. The van der Waals surface area contributed by atoms with Crippen molar-refractivity contribution in [2.75, 3.05) is 6.54 Å². The van der Waals surface area contributed by atoms with E-state index in [0.29, 0.717) is 18.2 Å². The molecule has 0 atom stereocenters. The monoisotopic (exact) mass is 306 g/mol. The molecule has 0 spiro atoms. The minimum atomic E-state index is -3.73. The van der Waals surface area contributed by atoms with Crippen LogP contribution < -0.4 is 10.0 Å². The normalized spacial score (nSPS) is 12.3. The summed E-state index contributed by atoms with van der Waals surface area (Å²) in [6, 6.07) is 7.40. The summed E-state index contributed by atoms with van der Waals surface area (Å²) in [6.07, 6.45) is -2.69. The van der Waals surface area contributed by atoms with Crippen molar-refractivity contribution in [3.05, 3.63) is 35.4 Å². The van der Waals surface area contributed by atoms with E-state index < -0.39 is 23.0 Å². The van der Waals surface area contributed by atoms with E-state index in [9.17, 15) is 17.2 Å². The smallest absolute Gasteiger partial charge is 0.251 e. The summed E-state index contributed by atoms with van der Waals surface area (Å²) in [6.45, 7) is 3.82. The number of alkyl halides is 2. The van der Waals surface area contributed by atoms with Crippen LogP contribution in [0.1, 0.15) is 25.0 Å². The SMILES string of the molecule is CC(C)NCc1cccc(CS(=O)(=O)NCC(F)F)c1.